The predicted molar refractivity (Wildman–Crippen MR) is 63.3 cm³/mol. The maximum Gasteiger partial charge on any atom is 0.341 e. The van der Waals surface area contributed by atoms with E-state index in [9.17, 15) is 22.0 Å². The van der Waals surface area contributed by atoms with E-state index in [2.05, 4.69) is 6.58 Å². The molecule has 0 aliphatic carbocycles. The molecule has 1 rings (SSSR count). The first-order chi connectivity index (χ1) is 8.73. The third-order valence-corrected chi connectivity index (χ3v) is 4.18. The molecule has 0 spiro atoms. The first kappa shape index (κ1) is 15.3. The summed E-state index contributed by atoms with van der Waals surface area (Å²) in [6, 6.07) is 1.28. The fourth-order valence-corrected chi connectivity index (χ4v) is 2.58. The second-order valence-corrected chi connectivity index (χ2v) is 5.63. The Labute approximate surface area is 108 Å². The Morgan fingerprint density at radius 2 is 2.05 bits per heavy atom. The summed E-state index contributed by atoms with van der Waals surface area (Å²) in [7, 11) is -3.08. The number of benzene rings is 1. The van der Waals surface area contributed by atoms with E-state index in [1.54, 1.807) is 0 Å². The highest BCUT2D eigenvalue weighted by atomic mass is 32.2. The second kappa shape index (κ2) is 5.45. The number of aromatic carboxylic acids is 1. The van der Waals surface area contributed by atoms with Crippen molar-refractivity contribution in [3.63, 3.8) is 0 Å². The van der Waals surface area contributed by atoms with Crippen molar-refractivity contribution in [2.45, 2.75) is 4.90 Å². The molecule has 0 radical (unpaired) electrons. The van der Waals surface area contributed by atoms with Gasteiger partial charge in [0, 0.05) is 13.6 Å². The summed E-state index contributed by atoms with van der Waals surface area (Å²) in [5, 5.41) is 8.67. The van der Waals surface area contributed by atoms with E-state index >= 15 is 0 Å². The average Bonchev–Trinajstić information content (AvgIpc) is 2.28. The summed E-state index contributed by atoms with van der Waals surface area (Å²) in [5.41, 5.74) is -1.30. The molecule has 19 heavy (non-hydrogen) atoms. The van der Waals surface area contributed by atoms with Crippen LogP contribution in [0.2, 0.25) is 0 Å². The number of hydrogen-bond donors (Lipinski definition) is 1. The van der Waals surface area contributed by atoms with Crippen LogP contribution in [0.15, 0.2) is 29.7 Å². The first-order valence-electron chi connectivity index (χ1n) is 5.02. The predicted octanol–water partition coefficient (Wildman–Crippen LogP) is 1.47. The number of nitrogens with zero attached hydrogens (tertiary/aromatic N) is 1. The fourth-order valence-electron chi connectivity index (χ4n) is 1.38. The second-order valence-electron chi connectivity index (χ2n) is 3.61. The number of carbonyl (C=O) groups is 1. The third-order valence-electron chi connectivity index (χ3n) is 2.34. The molecule has 0 amide bonds. The number of carboxylic acid groups (broad SMARTS) is 1. The molecule has 0 atom stereocenters. The topological polar surface area (TPSA) is 74.7 Å². The van der Waals surface area contributed by atoms with Crippen molar-refractivity contribution in [2.75, 3.05) is 13.6 Å². The van der Waals surface area contributed by atoms with Crippen LogP contribution in [0, 0.1) is 11.6 Å². The summed E-state index contributed by atoms with van der Waals surface area (Å²) >= 11 is 0. The van der Waals surface area contributed by atoms with E-state index < -0.39 is 38.1 Å². The normalized spacial score (nSPS) is 11.6. The van der Waals surface area contributed by atoms with Gasteiger partial charge in [-0.1, -0.05) is 6.08 Å². The lowest BCUT2D eigenvalue weighted by Gasteiger charge is -2.16. The number of carboxylic acids is 1. The molecule has 0 aliphatic heterocycles. The van der Waals surface area contributed by atoms with Crippen LogP contribution in [0.3, 0.4) is 0 Å². The Bertz CT molecular complexity index is 628. The van der Waals surface area contributed by atoms with Gasteiger partial charge >= 0.3 is 5.97 Å². The molecule has 1 N–H and O–H groups in total. The molecule has 0 aromatic heterocycles. The molecule has 0 saturated heterocycles. The van der Waals surface area contributed by atoms with Crippen molar-refractivity contribution < 1.29 is 27.1 Å². The van der Waals surface area contributed by atoms with Crippen LogP contribution in [0.25, 0.3) is 0 Å². The van der Waals surface area contributed by atoms with Crippen LogP contribution in [-0.4, -0.2) is 37.4 Å². The molecule has 8 heteroatoms. The maximum absolute atomic E-state index is 13.8. The van der Waals surface area contributed by atoms with E-state index in [0.29, 0.717) is 12.1 Å². The van der Waals surface area contributed by atoms with Crippen molar-refractivity contribution in [3.8, 4) is 0 Å². The van der Waals surface area contributed by atoms with E-state index in [-0.39, 0.29) is 6.54 Å². The van der Waals surface area contributed by atoms with Crippen LogP contribution >= 0.6 is 0 Å². The van der Waals surface area contributed by atoms with Crippen molar-refractivity contribution in [1.29, 1.82) is 0 Å². The zero-order valence-electron chi connectivity index (χ0n) is 9.93. The molecule has 1 aromatic carbocycles. The molecule has 0 heterocycles. The average molecular weight is 291 g/mol. The van der Waals surface area contributed by atoms with Crippen LogP contribution in [0.4, 0.5) is 8.78 Å². The summed E-state index contributed by atoms with van der Waals surface area (Å²) < 4.78 is 51.7. The zero-order chi connectivity index (χ0) is 14.8. The number of halogens is 2. The summed E-state index contributed by atoms with van der Waals surface area (Å²) in [5.74, 6) is -4.84. The number of sulfonamides is 1. The van der Waals surface area contributed by atoms with Gasteiger partial charge in [-0.05, 0) is 12.1 Å². The van der Waals surface area contributed by atoms with Crippen LogP contribution in [0.1, 0.15) is 10.4 Å². The fraction of sp³-hybridized carbons (Fsp3) is 0.182. The van der Waals surface area contributed by atoms with Crippen LogP contribution in [-0.2, 0) is 10.0 Å². The molecule has 1 aromatic rings. The Morgan fingerprint density at radius 3 is 2.53 bits per heavy atom. The van der Waals surface area contributed by atoms with E-state index in [1.807, 2.05) is 0 Å². The van der Waals surface area contributed by atoms with Gasteiger partial charge in [-0.25, -0.2) is 22.0 Å². The van der Waals surface area contributed by atoms with Crippen molar-refractivity contribution >= 4 is 16.0 Å². The Hall–Kier alpha value is -1.80. The van der Waals surface area contributed by atoms with E-state index in [4.69, 9.17) is 5.11 Å². The quantitative estimate of drug-likeness (QED) is 0.834. The highest BCUT2D eigenvalue weighted by Gasteiger charge is 2.29. The van der Waals surface area contributed by atoms with Crippen molar-refractivity contribution in [3.05, 3.63) is 42.0 Å². The van der Waals surface area contributed by atoms with Crippen molar-refractivity contribution in [2.24, 2.45) is 0 Å². The molecular weight excluding hydrogens is 280 g/mol. The van der Waals surface area contributed by atoms with Gasteiger partial charge < -0.3 is 5.11 Å². The van der Waals surface area contributed by atoms with E-state index in [0.717, 1.165) is 4.31 Å². The van der Waals surface area contributed by atoms with Gasteiger partial charge in [0.15, 0.2) is 5.82 Å². The van der Waals surface area contributed by atoms with Gasteiger partial charge in [-0.2, -0.15) is 4.31 Å². The van der Waals surface area contributed by atoms with Crippen LogP contribution < -0.4 is 0 Å². The molecule has 5 nitrogen and oxygen atoms in total. The molecule has 0 saturated carbocycles. The molecule has 0 unspecified atom stereocenters. The molecule has 0 aliphatic rings. The largest absolute Gasteiger partial charge is 0.477 e. The molecule has 0 bridgehead atoms. The van der Waals surface area contributed by atoms with Gasteiger partial charge in [0.05, 0.1) is 0 Å². The monoisotopic (exact) mass is 291 g/mol. The lowest BCUT2D eigenvalue weighted by atomic mass is 10.2. The Balaban J connectivity index is 3.49. The smallest absolute Gasteiger partial charge is 0.341 e. The highest BCUT2D eigenvalue weighted by molar-refractivity contribution is 7.89. The molecular formula is C11H11F2NO4S. The molecule has 0 fully saturated rings. The zero-order valence-corrected chi connectivity index (χ0v) is 10.7. The van der Waals surface area contributed by atoms with Crippen molar-refractivity contribution in [1.82, 2.24) is 4.31 Å². The number of likely N-dealkylation sites (N-methyl/N-ethyl adjacent to an activating group) is 1. The first-order valence-corrected chi connectivity index (χ1v) is 6.46. The minimum absolute atomic E-state index is 0.0957. The highest BCUT2D eigenvalue weighted by Crippen LogP contribution is 2.23. The maximum atomic E-state index is 13.8. The number of rotatable bonds is 5. The Morgan fingerprint density at radius 1 is 1.47 bits per heavy atom. The third kappa shape index (κ3) is 2.79. The standard InChI is InChI=1S/C11H11F2NO4S/c1-3-6-14(2)19(17,18)8-5-4-7(12)9(10(8)13)11(15)16/h3-5H,1,6H2,2H3,(H,15,16). The van der Waals surface area contributed by atoms with Crippen LogP contribution in [0.5, 0.6) is 0 Å². The van der Waals surface area contributed by atoms with Gasteiger partial charge in [0.2, 0.25) is 10.0 Å². The minimum atomic E-state index is -4.25. The summed E-state index contributed by atoms with van der Waals surface area (Å²) in [4.78, 5) is 9.82. The van der Waals surface area contributed by atoms with Gasteiger partial charge in [-0.15, -0.1) is 6.58 Å². The minimum Gasteiger partial charge on any atom is -0.477 e. The Kier molecular flexibility index (Phi) is 4.38. The lowest BCUT2D eigenvalue weighted by Crippen LogP contribution is -2.28. The number of hydrogen-bond acceptors (Lipinski definition) is 3. The van der Waals surface area contributed by atoms with Gasteiger partial charge in [0.1, 0.15) is 16.3 Å². The van der Waals surface area contributed by atoms with Gasteiger partial charge in [0.25, 0.3) is 0 Å². The lowest BCUT2D eigenvalue weighted by molar-refractivity contribution is 0.0685. The SMILES string of the molecule is C=CCN(C)S(=O)(=O)c1ccc(F)c(C(=O)O)c1F. The van der Waals surface area contributed by atoms with Gasteiger partial charge in [-0.3, -0.25) is 0 Å². The summed E-state index contributed by atoms with van der Waals surface area (Å²) in [6.45, 7) is 3.24. The van der Waals surface area contributed by atoms with E-state index in [1.165, 1.54) is 13.1 Å². The summed E-state index contributed by atoms with van der Waals surface area (Å²) in [6.07, 6.45) is 1.27. The molecule has 104 valence electrons.